The van der Waals surface area contributed by atoms with E-state index in [-0.39, 0.29) is 5.91 Å². The topological polar surface area (TPSA) is 59.2 Å². The predicted octanol–water partition coefficient (Wildman–Crippen LogP) is 2.52. The Morgan fingerprint density at radius 3 is 2.89 bits per heavy atom. The minimum absolute atomic E-state index is 0.0367. The maximum Gasteiger partial charge on any atom is 0.258 e. The Balaban J connectivity index is 2.00. The molecule has 4 nitrogen and oxygen atoms in total. The van der Waals surface area contributed by atoms with Crippen LogP contribution in [0.1, 0.15) is 15.9 Å². The van der Waals surface area contributed by atoms with E-state index in [1.54, 1.807) is 35.5 Å². The fourth-order valence-electron chi connectivity index (χ4n) is 2.30. The van der Waals surface area contributed by atoms with Gasteiger partial charge < -0.3 is 10.6 Å². The van der Waals surface area contributed by atoms with Gasteiger partial charge >= 0.3 is 0 Å². The minimum atomic E-state index is -0.0367. The van der Waals surface area contributed by atoms with Crippen LogP contribution in [0.5, 0.6) is 0 Å². The number of benzene rings is 1. The zero-order chi connectivity index (χ0) is 13.4. The van der Waals surface area contributed by atoms with Crippen molar-refractivity contribution in [3.8, 4) is 0 Å². The van der Waals surface area contributed by atoms with Crippen molar-refractivity contribution in [3.63, 3.8) is 0 Å². The number of pyridine rings is 1. The first-order chi connectivity index (χ1) is 9.15. The van der Waals surface area contributed by atoms with E-state index < -0.39 is 0 Å². The van der Waals surface area contributed by atoms with E-state index in [4.69, 9.17) is 17.3 Å². The molecule has 0 spiro atoms. The highest BCUT2D eigenvalue weighted by Crippen LogP contribution is 2.26. The maximum absolute atomic E-state index is 12.5. The molecule has 5 heteroatoms. The van der Waals surface area contributed by atoms with Crippen molar-refractivity contribution in [2.45, 2.75) is 6.42 Å². The Hall–Kier alpha value is -2.07. The van der Waals surface area contributed by atoms with Crippen molar-refractivity contribution in [1.82, 2.24) is 4.98 Å². The van der Waals surface area contributed by atoms with Crippen LogP contribution in [0.25, 0.3) is 0 Å². The normalized spacial score (nSPS) is 14.4. The van der Waals surface area contributed by atoms with Gasteiger partial charge in [-0.1, -0.05) is 11.6 Å². The van der Waals surface area contributed by atoms with E-state index in [0.29, 0.717) is 22.8 Å². The molecule has 0 saturated heterocycles. The maximum atomic E-state index is 12.5. The fourth-order valence-corrected chi connectivity index (χ4v) is 2.49. The number of carbonyl (C=O) groups excluding carboxylic acids is 1. The number of carbonyl (C=O) groups is 1. The average Bonchev–Trinajstić information content (AvgIpc) is 2.39. The Morgan fingerprint density at radius 1 is 1.26 bits per heavy atom. The van der Waals surface area contributed by atoms with Crippen molar-refractivity contribution >= 4 is 28.9 Å². The number of rotatable bonds is 1. The van der Waals surface area contributed by atoms with Crippen LogP contribution in [0, 0.1) is 0 Å². The molecule has 0 aliphatic carbocycles. The number of nitrogens with zero attached hydrogens (tertiary/aromatic N) is 2. The molecule has 19 heavy (non-hydrogen) atoms. The molecule has 1 aliphatic heterocycles. The third-order valence-corrected chi connectivity index (χ3v) is 3.44. The summed E-state index contributed by atoms with van der Waals surface area (Å²) in [6.45, 7) is 0.608. The number of aromatic nitrogens is 1. The number of amides is 1. The van der Waals surface area contributed by atoms with Crippen molar-refractivity contribution < 1.29 is 4.79 Å². The number of hydrogen-bond acceptors (Lipinski definition) is 3. The van der Waals surface area contributed by atoms with Crippen molar-refractivity contribution in [3.05, 3.63) is 52.8 Å². The quantitative estimate of drug-likeness (QED) is 0.868. The molecular weight excluding hydrogens is 262 g/mol. The molecule has 1 aliphatic rings. The first-order valence-electron chi connectivity index (χ1n) is 5.96. The third-order valence-electron chi connectivity index (χ3n) is 3.20. The van der Waals surface area contributed by atoms with Gasteiger partial charge in [-0.25, -0.2) is 0 Å². The van der Waals surface area contributed by atoms with Gasteiger partial charge in [0.05, 0.1) is 17.6 Å². The van der Waals surface area contributed by atoms with Gasteiger partial charge in [-0.15, -0.1) is 0 Å². The molecule has 0 atom stereocenters. The van der Waals surface area contributed by atoms with E-state index in [9.17, 15) is 4.79 Å². The van der Waals surface area contributed by atoms with Gasteiger partial charge in [-0.05, 0) is 36.2 Å². The zero-order valence-electron chi connectivity index (χ0n) is 10.1. The summed E-state index contributed by atoms with van der Waals surface area (Å²) >= 11 is 5.95. The summed E-state index contributed by atoms with van der Waals surface area (Å²) in [7, 11) is 0. The van der Waals surface area contributed by atoms with Gasteiger partial charge in [-0.3, -0.25) is 9.78 Å². The molecule has 0 radical (unpaired) electrons. The smallest absolute Gasteiger partial charge is 0.258 e. The van der Waals surface area contributed by atoms with Crippen LogP contribution in [-0.2, 0) is 6.42 Å². The summed E-state index contributed by atoms with van der Waals surface area (Å²) in [5, 5.41) is 0.658. The lowest BCUT2D eigenvalue weighted by Crippen LogP contribution is -2.37. The average molecular weight is 274 g/mol. The van der Waals surface area contributed by atoms with Crippen molar-refractivity contribution in [2.24, 2.45) is 0 Å². The number of fused-ring (bicyclic) bond motifs is 1. The highest BCUT2D eigenvalue weighted by atomic mass is 35.5. The summed E-state index contributed by atoms with van der Waals surface area (Å²) in [5.74, 6) is -0.0367. The number of hydrogen-bond donors (Lipinski definition) is 1. The first kappa shape index (κ1) is 12.0. The summed E-state index contributed by atoms with van der Waals surface area (Å²) in [6.07, 6.45) is 3.98. The zero-order valence-corrected chi connectivity index (χ0v) is 10.9. The first-order valence-corrected chi connectivity index (χ1v) is 6.34. The van der Waals surface area contributed by atoms with E-state index in [0.717, 1.165) is 17.7 Å². The highest BCUT2D eigenvalue weighted by Gasteiger charge is 2.25. The lowest BCUT2D eigenvalue weighted by atomic mass is 9.99. The van der Waals surface area contributed by atoms with Crippen LogP contribution in [0.3, 0.4) is 0 Å². The Labute approximate surface area is 115 Å². The van der Waals surface area contributed by atoms with Gasteiger partial charge in [0.1, 0.15) is 0 Å². The Morgan fingerprint density at radius 2 is 2.11 bits per heavy atom. The fraction of sp³-hybridized carbons (Fsp3) is 0.143. The van der Waals surface area contributed by atoms with Gasteiger partial charge in [-0.2, -0.15) is 0 Å². The van der Waals surface area contributed by atoms with Crippen LogP contribution >= 0.6 is 11.6 Å². The molecule has 2 aromatic rings. The van der Waals surface area contributed by atoms with E-state index in [1.165, 1.54) is 0 Å². The summed E-state index contributed by atoms with van der Waals surface area (Å²) < 4.78 is 0. The molecule has 96 valence electrons. The summed E-state index contributed by atoms with van der Waals surface area (Å²) in [5.41, 5.74) is 8.67. The number of halogens is 1. The molecule has 0 unspecified atom stereocenters. The second-order valence-electron chi connectivity index (χ2n) is 4.48. The largest absolute Gasteiger partial charge is 0.397 e. The minimum Gasteiger partial charge on any atom is -0.397 e. The van der Waals surface area contributed by atoms with E-state index >= 15 is 0 Å². The number of anilines is 2. The van der Waals surface area contributed by atoms with Gasteiger partial charge in [0.25, 0.3) is 5.91 Å². The molecule has 0 saturated carbocycles. The Kier molecular flexibility index (Phi) is 2.87. The lowest BCUT2D eigenvalue weighted by molar-refractivity contribution is 0.0980. The van der Waals surface area contributed by atoms with E-state index in [2.05, 4.69) is 4.98 Å². The standard InChI is InChI=1S/C14H12ClN3O/c15-10-1-2-13-9(5-10)3-4-18(14(13)19)12-6-11(16)7-17-8-12/h1-2,5-8H,3-4,16H2. The number of nitrogens with two attached hydrogens (primary N) is 1. The predicted molar refractivity (Wildman–Crippen MR) is 75.5 cm³/mol. The Bertz CT molecular complexity index is 657. The molecule has 2 heterocycles. The van der Waals surface area contributed by atoms with Crippen LogP contribution in [-0.4, -0.2) is 17.4 Å². The SMILES string of the molecule is Nc1cncc(N2CCc3cc(Cl)ccc3C2=O)c1. The van der Waals surface area contributed by atoms with Crippen molar-refractivity contribution in [1.29, 1.82) is 0 Å². The molecule has 1 amide bonds. The lowest BCUT2D eigenvalue weighted by Gasteiger charge is -2.28. The molecule has 0 fully saturated rings. The monoisotopic (exact) mass is 273 g/mol. The van der Waals surface area contributed by atoms with Crippen LogP contribution in [0.15, 0.2) is 36.7 Å². The van der Waals surface area contributed by atoms with Gasteiger partial charge in [0.15, 0.2) is 0 Å². The van der Waals surface area contributed by atoms with Crippen LogP contribution in [0.2, 0.25) is 5.02 Å². The summed E-state index contributed by atoms with van der Waals surface area (Å²) in [4.78, 5) is 18.2. The molecule has 1 aromatic heterocycles. The van der Waals surface area contributed by atoms with Gasteiger partial charge in [0, 0.05) is 23.3 Å². The second kappa shape index (κ2) is 4.55. The molecule has 1 aromatic carbocycles. The van der Waals surface area contributed by atoms with Crippen LogP contribution in [0.4, 0.5) is 11.4 Å². The third kappa shape index (κ3) is 2.15. The highest BCUT2D eigenvalue weighted by molar-refractivity contribution is 6.30. The van der Waals surface area contributed by atoms with Crippen LogP contribution < -0.4 is 10.6 Å². The van der Waals surface area contributed by atoms with Crippen molar-refractivity contribution in [2.75, 3.05) is 17.2 Å². The summed E-state index contributed by atoms with van der Waals surface area (Å²) in [6, 6.07) is 7.11. The molecular formula is C14H12ClN3O. The van der Waals surface area contributed by atoms with E-state index in [1.807, 2.05) is 6.07 Å². The molecule has 2 N–H and O–H groups in total. The molecule has 0 bridgehead atoms. The molecule has 3 rings (SSSR count). The number of nitrogen functional groups attached to an aromatic ring is 1. The second-order valence-corrected chi connectivity index (χ2v) is 4.92. The van der Waals surface area contributed by atoms with Gasteiger partial charge in [0.2, 0.25) is 0 Å².